The van der Waals surface area contributed by atoms with Gasteiger partial charge in [0.1, 0.15) is 11.4 Å². The Kier molecular flexibility index (Phi) is 4.49. The summed E-state index contributed by atoms with van der Waals surface area (Å²) in [6.07, 6.45) is 0.991. The lowest BCUT2D eigenvalue weighted by molar-refractivity contribution is 0.0604. The summed E-state index contributed by atoms with van der Waals surface area (Å²) in [4.78, 5) is 35.3. The number of aliphatic imine (C=N–C) groups is 1. The van der Waals surface area contributed by atoms with Crippen LogP contribution in [0.2, 0.25) is 0 Å². The van der Waals surface area contributed by atoms with Crippen LogP contribution >= 0.6 is 15.9 Å². The van der Waals surface area contributed by atoms with Crippen LogP contribution in [0.1, 0.15) is 39.4 Å². The highest BCUT2D eigenvalue weighted by Gasteiger charge is 2.32. The largest absolute Gasteiger partial charge is 0.442 e. The van der Waals surface area contributed by atoms with E-state index in [-0.39, 0.29) is 21.6 Å². The molecular weight excluding hydrogens is 393 g/mol. The second kappa shape index (κ2) is 6.33. The summed E-state index contributed by atoms with van der Waals surface area (Å²) in [5.41, 5.74) is -0.427. The molecule has 6 nitrogen and oxygen atoms in total. The number of nitrogens with zero attached hydrogens (tertiary/aromatic N) is 2. The van der Waals surface area contributed by atoms with Crippen molar-refractivity contribution in [2.45, 2.75) is 39.2 Å². The van der Waals surface area contributed by atoms with Gasteiger partial charge in [-0.25, -0.2) is 14.2 Å². The van der Waals surface area contributed by atoms with Crippen molar-refractivity contribution in [3.63, 3.8) is 0 Å². The molecule has 0 unspecified atom stereocenters. The van der Waals surface area contributed by atoms with Crippen molar-refractivity contribution in [3.05, 3.63) is 38.6 Å². The number of carbonyl (C=O) groups is 1. The fourth-order valence-electron chi connectivity index (χ4n) is 2.33. The van der Waals surface area contributed by atoms with E-state index in [0.717, 1.165) is 18.9 Å². The Hall–Kier alpha value is -2.09. The highest BCUT2D eigenvalue weighted by Crippen LogP contribution is 2.33. The first-order valence-corrected chi connectivity index (χ1v) is 8.64. The van der Waals surface area contributed by atoms with E-state index < -0.39 is 23.1 Å². The maximum Gasteiger partial charge on any atom is 0.434 e. The molecule has 1 fully saturated rings. The number of amides is 1. The molecule has 1 aromatic carbocycles. The highest BCUT2D eigenvalue weighted by atomic mass is 79.9. The van der Waals surface area contributed by atoms with Crippen LogP contribution in [-0.4, -0.2) is 27.4 Å². The number of carbonyl (C=O) groups excluding carboxylic acids is 1. The molecule has 1 amide bonds. The van der Waals surface area contributed by atoms with Crippen LogP contribution in [0.15, 0.2) is 26.4 Å². The molecule has 3 rings (SSSR count). The summed E-state index contributed by atoms with van der Waals surface area (Å²) in [6, 6.07) is 2.55. The molecule has 1 saturated carbocycles. The SMILES string of the molecule is CC(C)(C)OC(=O)/N=C(/c1nc2cc(Br)c(F)cc2c(=O)[nH]1)C1CC1. The minimum Gasteiger partial charge on any atom is -0.442 e. The Morgan fingerprint density at radius 1 is 1.40 bits per heavy atom. The number of H-pyrrole nitrogens is 1. The van der Waals surface area contributed by atoms with E-state index in [1.54, 1.807) is 20.8 Å². The van der Waals surface area contributed by atoms with Crippen LogP contribution in [-0.2, 0) is 4.74 Å². The Morgan fingerprint density at radius 3 is 2.68 bits per heavy atom. The van der Waals surface area contributed by atoms with Gasteiger partial charge in [-0.15, -0.1) is 0 Å². The molecule has 1 heterocycles. The average Bonchev–Trinajstić information content (AvgIpc) is 3.29. The van der Waals surface area contributed by atoms with Gasteiger partial charge in [-0.3, -0.25) is 4.79 Å². The van der Waals surface area contributed by atoms with E-state index in [4.69, 9.17) is 4.74 Å². The Bertz CT molecular complexity index is 943. The monoisotopic (exact) mass is 409 g/mol. The maximum absolute atomic E-state index is 13.6. The van der Waals surface area contributed by atoms with Crippen molar-refractivity contribution in [3.8, 4) is 0 Å². The molecule has 1 aliphatic carbocycles. The first-order valence-electron chi connectivity index (χ1n) is 7.85. The third-order valence-corrected chi connectivity index (χ3v) is 4.17. The van der Waals surface area contributed by atoms with Crippen LogP contribution in [0.5, 0.6) is 0 Å². The zero-order chi connectivity index (χ0) is 18.4. The van der Waals surface area contributed by atoms with Crippen molar-refractivity contribution in [1.82, 2.24) is 9.97 Å². The normalized spacial score (nSPS) is 15.5. The van der Waals surface area contributed by atoms with E-state index in [0.29, 0.717) is 11.2 Å². The zero-order valence-corrected chi connectivity index (χ0v) is 15.6. The highest BCUT2D eigenvalue weighted by molar-refractivity contribution is 9.10. The average molecular weight is 410 g/mol. The van der Waals surface area contributed by atoms with Crippen LogP contribution in [0.3, 0.4) is 0 Å². The predicted octanol–water partition coefficient (Wildman–Crippen LogP) is 3.96. The number of hydrogen-bond donors (Lipinski definition) is 1. The number of halogens is 2. The summed E-state index contributed by atoms with van der Waals surface area (Å²) >= 11 is 3.09. The number of ether oxygens (including phenoxy) is 1. The van der Waals surface area contributed by atoms with Crippen LogP contribution in [0.25, 0.3) is 10.9 Å². The van der Waals surface area contributed by atoms with Gasteiger partial charge in [0.05, 0.1) is 21.1 Å². The van der Waals surface area contributed by atoms with Crippen molar-refractivity contribution < 1.29 is 13.9 Å². The minimum absolute atomic E-state index is 0.0528. The molecule has 0 atom stereocenters. The van der Waals surface area contributed by atoms with E-state index in [2.05, 4.69) is 30.9 Å². The molecule has 132 valence electrons. The van der Waals surface area contributed by atoms with E-state index >= 15 is 0 Å². The molecule has 0 bridgehead atoms. The molecule has 8 heteroatoms. The molecule has 0 radical (unpaired) electrons. The standard InChI is InChI=1S/C17H17BrFN3O3/c1-17(2,3)25-16(24)21-13(8-4-5-8)14-20-12-7-10(18)11(19)6-9(12)15(23)22-14/h6-8H,4-5H2,1-3H3,(H,20,22,23)/b21-13+. The number of nitrogens with one attached hydrogen (secondary N) is 1. The van der Waals surface area contributed by atoms with Gasteiger partial charge in [-0.1, -0.05) is 0 Å². The summed E-state index contributed by atoms with van der Waals surface area (Å²) in [5, 5.41) is 0.136. The number of rotatable bonds is 2. The van der Waals surface area contributed by atoms with Crippen LogP contribution in [0.4, 0.5) is 9.18 Å². The number of benzene rings is 1. The topological polar surface area (TPSA) is 84.4 Å². The van der Waals surface area contributed by atoms with Crippen molar-refractivity contribution in [2.24, 2.45) is 10.9 Å². The number of aromatic amines is 1. The van der Waals surface area contributed by atoms with Gasteiger partial charge < -0.3 is 9.72 Å². The Morgan fingerprint density at radius 2 is 2.08 bits per heavy atom. The fraction of sp³-hybridized carbons (Fsp3) is 0.412. The number of hydrogen-bond acceptors (Lipinski definition) is 4. The molecule has 1 aromatic heterocycles. The fourth-order valence-corrected chi connectivity index (χ4v) is 2.66. The third kappa shape index (κ3) is 4.12. The summed E-state index contributed by atoms with van der Waals surface area (Å²) in [6.45, 7) is 5.25. The molecule has 1 N–H and O–H groups in total. The number of aromatic nitrogens is 2. The predicted molar refractivity (Wildman–Crippen MR) is 95.5 cm³/mol. The van der Waals surface area contributed by atoms with Gasteiger partial charge >= 0.3 is 6.09 Å². The van der Waals surface area contributed by atoms with E-state index in [1.165, 1.54) is 6.07 Å². The summed E-state index contributed by atoms with van der Waals surface area (Å²) in [7, 11) is 0. The molecule has 0 spiro atoms. The van der Waals surface area contributed by atoms with Crippen molar-refractivity contribution >= 4 is 38.6 Å². The quantitative estimate of drug-likeness (QED) is 0.760. The maximum atomic E-state index is 13.6. The van der Waals surface area contributed by atoms with Crippen molar-refractivity contribution in [2.75, 3.05) is 0 Å². The van der Waals surface area contributed by atoms with E-state index in [9.17, 15) is 14.0 Å². The number of fused-ring (bicyclic) bond motifs is 1. The van der Waals surface area contributed by atoms with Gasteiger partial charge in [0.15, 0.2) is 5.82 Å². The lowest BCUT2D eigenvalue weighted by atomic mass is 10.2. The molecule has 1 aliphatic rings. The first kappa shape index (κ1) is 17.7. The van der Waals surface area contributed by atoms with Gasteiger partial charge in [0.25, 0.3) is 5.56 Å². The third-order valence-electron chi connectivity index (χ3n) is 3.56. The van der Waals surface area contributed by atoms with Crippen molar-refractivity contribution in [1.29, 1.82) is 0 Å². The summed E-state index contributed by atoms with van der Waals surface area (Å²) in [5.74, 6) is -0.279. The molecule has 0 saturated heterocycles. The van der Waals surface area contributed by atoms with Crippen LogP contribution < -0.4 is 5.56 Å². The smallest absolute Gasteiger partial charge is 0.434 e. The lowest BCUT2D eigenvalue weighted by Crippen LogP contribution is -2.24. The zero-order valence-electron chi connectivity index (χ0n) is 14.0. The lowest BCUT2D eigenvalue weighted by Gasteiger charge is -2.17. The summed E-state index contributed by atoms with van der Waals surface area (Å²) < 4.78 is 19.1. The van der Waals surface area contributed by atoms with E-state index in [1.807, 2.05) is 0 Å². The molecular formula is C17H17BrFN3O3. The molecule has 2 aromatic rings. The van der Waals surface area contributed by atoms with Gasteiger partial charge in [-0.2, -0.15) is 4.99 Å². The van der Waals surface area contributed by atoms with Gasteiger partial charge in [0.2, 0.25) is 0 Å². The Balaban J connectivity index is 2.07. The molecule has 25 heavy (non-hydrogen) atoms. The first-order chi connectivity index (χ1) is 11.6. The minimum atomic E-state index is -0.725. The Labute approximate surface area is 151 Å². The second-order valence-electron chi connectivity index (χ2n) is 6.95. The van der Waals surface area contributed by atoms with Crippen LogP contribution in [0, 0.1) is 11.7 Å². The molecule has 0 aliphatic heterocycles. The van der Waals surface area contributed by atoms with Gasteiger partial charge in [0, 0.05) is 5.92 Å². The second-order valence-corrected chi connectivity index (χ2v) is 7.80. The van der Waals surface area contributed by atoms with Gasteiger partial charge in [-0.05, 0) is 61.7 Å².